The first-order valence-corrected chi connectivity index (χ1v) is 5.46. The normalized spacial score (nSPS) is 13.3. The Morgan fingerprint density at radius 1 is 1.26 bits per heavy atom. The molecule has 3 nitrogen and oxygen atoms in total. The van der Waals surface area contributed by atoms with Crippen LogP contribution in [0.3, 0.4) is 0 Å². The van der Waals surface area contributed by atoms with E-state index < -0.39 is 30.7 Å². The quantitative estimate of drug-likeness (QED) is 0.815. The van der Waals surface area contributed by atoms with Crippen molar-refractivity contribution in [2.75, 3.05) is 6.61 Å². The molecule has 7 heteroatoms. The lowest BCUT2D eigenvalue weighted by Gasteiger charge is -2.13. The van der Waals surface area contributed by atoms with Gasteiger partial charge in [-0.3, -0.25) is 9.53 Å². The molecule has 0 aliphatic carbocycles. The smallest absolute Gasteiger partial charge is 0.481 e. The van der Waals surface area contributed by atoms with Crippen molar-refractivity contribution in [1.82, 2.24) is 0 Å². The highest BCUT2D eigenvalue weighted by atomic mass is 19.4. The highest BCUT2D eigenvalue weighted by Gasteiger charge is 2.30. The monoisotopic (exact) mass is 280 g/mol. The molecule has 1 aromatic rings. The minimum atomic E-state index is -4.76. The van der Waals surface area contributed by atoms with Crippen molar-refractivity contribution in [2.24, 2.45) is 5.92 Å². The maximum Gasteiger partial charge on any atom is 0.522 e. The Bertz CT molecular complexity index is 414. The van der Waals surface area contributed by atoms with Crippen LogP contribution in [-0.4, -0.2) is 24.0 Å². The van der Waals surface area contributed by atoms with Gasteiger partial charge in [-0.05, 0) is 30.5 Å². The summed E-state index contributed by atoms with van der Waals surface area (Å²) in [7, 11) is 0. The van der Waals surface area contributed by atoms with Crippen LogP contribution in [0.5, 0.6) is 0 Å². The maximum absolute atomic E-state index is 12.7. The molecule has 1 unspecified atom stereocenters. The third-order valence-corrected chi connectivity index (χ3v) is 2.48. The molecule has 0 saturated carbocycles. The second kappa shape index (κ2) is 6.51. The molecular weight excluding hydrogens is 268 g/mol. The Morgan fingerprint density at radius 3 is 2.32 bits per heavy atom. The number of halogens is 4. The molecule has 0 spiro atoms. The first-order chi connectivity index (χ1) is 8.78. The summed E-state index contributed by atoms with van der Waals surface area (Å²) >= 11 is 0. The fourth-order valence-electron chi connectivity index (χ4n) is 1.53. The fraction of sp³-hybridized carbons (Fsp3) is 0.417. The van der Waals surface area contributed by atoms with Gasteiger partial charge < -0.3 is 5.11 Å². The first-order valence-electron chi connectivity index (χ1n) is 5.46. The number of hydrogen-bond donors (Lipinski definition) is 1. The van der Waals surface area contributed by atoms with Gasteiger partial charge in [0.2, 0.25) is 0 Å². The van der Waals surface area contributed by atoms with Gasteiger partial charge in [-0.2, -0.15) is 0 Å². The molecule has 0 aliphatic heterocycles. The van der Waals surface area contributed by atoms with E-state index in [-0.39, 0.29) is 12.8 Å². The van der Waals surface area contributed by atoms with Crippen molar-refractivity contribution in [3.05, 3.63) is 35.6 Å². The number of carboxylic acid groups (broad SMARTS) is 1. The highest BCUT2D eigenvalue weighted by Crippen LogP contribution is 2.19. The van der Waals surface area contributed by atoms with E-state index in [2.05, 4.69) is 4.74 Å². The summed E-state index contributed by atoms with van der Waals surface area (Å²) in [5.41, 5.74) is 0.542. The van der Waals surface area contributed by atoms with Gasteiger partial charge in [-0.15, -0.1) is 13.2 Å². The molecule has 1 N–H and O–H groups in total. The number of ether oxygens (including phenoxy) is 1. The van der Waals surface area contributed by atoms with Crippen molar-refractivity contribution in [2.45, 2.75) is 19.2 Å². The Hall–Kier alpha value is -1.63. The van der Waals surface area contributed by atoms with Crippen LogP contribution in [0, 0.1) is 11.7 Å². The Balaban J connectivity index is 2.53. The van der Waals surface area contributed by atoms with Crippen molar-refractivity contribution in [3.63, 3.8) is 0 Å². The molecule has 0 aromatic heterocycles. The molecule has 0 saturated heterocycles. The largest absolute Gasteiger partial charge is 0.522 e. The number of hydrogen-bond acceptors (Lipinski definition) is 2. The van der Waals surface area contributed by atoms with Crippen molar-refractivity contribution < 1.29 is 32.2 Å². The van der Waals surface area contributed by atoms with Crippen LogP contribution in [0.15, 0.2) is 24.3 Å². The molecule has 1 aromatic carbocycles. The second-order valence-corrected chi connectivity index (χ2v) is 3.95. The van der Waals surface area contributed by atoms with E-state index in [0.717, 1.165) is 0 Å². The summed E-state index contributed by atoms with van der Waals surface area (Å²) in [5, 5.41) is 8.91. The van der Waals surface area contributed by atoms with Crippen LogP contribution in [0.2, 0.25) is 0 Å². The van der Waals surface area contributed by atoms with Crippen LogP contribution >= 0.6 is 0 Å². The summed E-state index contributed by atoms with van der Waals surface area (Å²) in [6.45, 7) is -0.721. The van der Waals surface area contributed by atoms with Crippen LogP contribution in [-0.2, 0) is 16.0 Å². The van der Waals surface area contributed by atoms with E-state index >= 15 is 0 Å². The Labute approximate surface area is 106 Å². The summed E-state index contributed by atoms with van der Waals surface area (Å²) in [5.74, 6) is -2.68. The number of rotatable bonds is 6. The minimum Gasteiger partial charge on any atom is -0.481 e. The average molecular weight is 280 g/mol. The van der Waals surface area contributed by atoms with Gasteiger partial charge in [-0.1, -0.05) is 12.1 Å². The summed E-state index contributed by atoms with van der Waals surface area (Å²) in [6, 6.07) is 5.13. The molecule has 0 fully saturated rings. The van der Waals surface area contributed by atoms with Crippen molar-refractivity contribution >= 4 is 5.97 Å². The Kier molecular flexibility index (Phi) is 5.29. The Morgan fingerprint density at radius 2 is 1.84 bits per heavy atom. The lowest BCUT2D eigenvalue weighted by atomic mass is 9.97. The number of alkyl halides is 3. The molecule has 19 heavy (non-hydrogen) atoms. The molecule has 106 valence electrons. The van der Waals surface area contributed by atoms with Gasteiger partial charge in [0.25, 0.3) is 0 Å². The highest BCUT2D eigenvalue weighted by molar-refractivity contribution is 5.70. The number of carbonyl (C=O) groups is 1. The zero-order valence-electron chi connectivity index (χ0n) is 9.78. The van der Waals surface area contributed by atoms with Crippen molar-refractivity contribution in [1.29, 1.82) is 0 Å². The van der Waals surface area contributed by atoms with E-state index in [1.54, 1.807) is 0 Å². The molecule has 0 heterocycles. The second-order valence-electron chi connectivity index (χ2n) is 3.95. The molecule has 0 aliphatic rings. The first kappa shape index (κ1) is 15.4. The van der Waals surface area contributed by atoms with Crippen LogP contribution in [0.4, 0.5) is 17.6 Å². The van der Waals surface area contributed by atoms with Crippen LogP contribution in [0.25, 0.3) is 0 Å². The van der Waals surface area contributed by atoms with E-state index in [4.69, 9.17) is 5.11 Å². The minimum absolute atomic E-state index is 0.0246. The SMILES string of the molecule is O=C(O)C(CCOC(F)(F)F)Cc1ccc(F)cc1. The zero-order valence-corrected chi connectivity index (χ0v) is 9.78. The molecule has 1 rings (SSSR count). The fourth-order valence-corrected chi connectivity index (χ4v) is 1.53. The van der Waals surface area contributed by atoms with E-state index in [1.807, 2.05) is 0 Å². The molecular formula is C12H12F4O3. The summed E-state index contributed by atoms with van der Waals surface area (Å²) in [4.78, 5) is 10.9. The number of aliphatic carboxylic acids is 1. The van der Waals surface area contributed by atoms with Gasteiger partial charge in [0.1, 0.15) is 5.82 Å². The standard InChI is InChI=1S/C12H12F4O3/c13-10-3-1-8(2-4-10)7-9(11(17)18)5-6-19-12(14,15)16/h1-4,9H,5-7H2,(H,17,18). The number of carboxylic acids is 1. The van der Waals surface area contributed by atoms with E-state index in [0.29, 0.717) is 5.56 Å². The van der Waals surface area contributed by atoms with Gasteiger partial charge in [0.05, 0.1) is 12.5 Å². The lowest BCUT2D eigenvalue weighted by molar-refractivity contribution is -0.325. The molecule has 1 atom stereocenters. The van der Waals surface area contributed by atoms with Crippen LogP contribution in [0.1, 0.15) is 12.0 Å². The van der Waals surface area contributed by atoms with Crippen molar-refractivity contribution in [3.8, 4) is 0 Å². The number of benzene rings is 1. The molecule has 0 radical (unpaired) electrons. The van der Waals surface area contributed by atoms with Crippen LogP contribution < -0.4 is 0 Å². The third kappa shape index (κ3) is 6.19. The van der Waals surface area contributed by atoms with Gasteiger partial charge in [0, 0.05) is 0 Å². The molecule has 0 amide bonds. The summed E-state index contributed by atoms with van der Waals surface area (Å²) < 4.78 is 51.5. The maximum atomic E-state index is 12.7. The summed E-state index contributed by atoms with van der Waals surface area (Å²) in [6.07, 6.45) is -5.01. The predicted molar refractivity (Wildman–Crippen MR) is 57.9 cm³/mol. The van der Waals surface area contributed by atoms with Gasteiger partial charge >= 0.3 is 12.3 Å². The lowest BCUT2D eigenvalue weighted by Crippen LogP contribution is -2.21. The van der Waals surface area contributed by atoms with E-state index in [9.17, 15) is 22.4 Å². The zero-order chi connectivity index (χ0) is 14.5. The predicted octanol–water partition coefficient (Wildman–Crippen LogP) is 3.00. The van der Waals surface area contributed by atoms with Gasteiger partial charge in [0.15, 0.2) is 0 Å². The third-order valence-electron chi connectivity index (χ3n) is 2.48. The van der Waals surface area contributed by atoms with Gasteiger partial charge in [-0.25, -0.2) is 4.39 Å². The van der Waals surface area contributed by atoms with E-state index in [1.165, 1.54) is 24.3 Å². The topological polar surface area (TPSA) is 46.5 Å². The average Bonchev–Trinajstić information content (AvgIpc) is 2.28. The molecule has 0 bridgehead atoms.